The molecule has 700 valence electrons. The third kappa shape index (κ3) is 22.2. The molecule has 0 saturated carbocycles. The first-order valence-electron chi connectivity index (χ1n) is 52.6. The fraction of sp³-hybridized carbons (Fsp3) is 0.925. The maximum absolute atomic E-state index is 2.73. The highest BCUT2D eigenvalue weighted by Crippen LogP contribution is 2.50. The minimum absolute atomic E-state index is 0.542. The van der Waals surface area contributed by atoms with E-state index in [0.717, 1.165) is 176 Å². The molecule has 14 nitrogen and oxygen atoms in total. The molecule has 15 aliphatic heterocycles. The molecule has 10 bridgehead atoms. The summed E-state index contributed by atoms with van der Waals surface area (Å²) >= 11 is 0. The van der Waals surface area contributed by atoms with E-state index in [1.807, 2.05) is 0 Å². The Kier molecular flexibility index (Phi) is 36.2. The molecule has 17 rings (SSSR count). The number of pyridine rings is 1. The van der Waals surface area contributed by atoms with Crippen LogP contribution in [0.2, 0.25) is 0 Å². The number of nitrogens with zero attached hydrogens (tertiary/aromatic N) is 14. The minimum Gasteiger partial charge on any atom is -0.319 e. The molecular weight excluding hydrogens is 1480 g/mol. The topological polar surface area (TPSA) is 28.9 Å². The average Bonchev–Trinajstić information content (AvgIpc) is 1.38. The number of aromatic nitrogens is 3. The molecule has 0 aromatic carbocycles. The van der Waals surface area contributed by atoms with Crippen molar-refractivity contribution in [1.82, 2.24) is 24.2 Å². The number of piperazine rings is 3. The molecule has 0 amide bonds. The first kappa shape index (κ1) is 102. The normalized spacial score (nSPS) is 36.2. The molecule has 0 spiro atoms. The molecule has 2 aromatic rings. The van der Waals surface area contributed by atoms with Crippen molar-refractivity contribution in [2.24, 2.45) is 35.5 Å². The number of imidazole rings is 1. The lowest BCUT2D eigenvalue weighted by Crippen LogP contribution is -2.73. The van der Waals surface area contributed by atoms with Gasteiger partial charge in [-0.2, -0.15) is 0 Å². The minimum atomic E-state index is 0.542. The monoisotopic (exact) mass is 1690 g/mol. The first-order valence-corrected chi connectivity index (χ1v) is 52.6. The van der Waals surface area contributed by atoms with Crippen LogP contribution < -0.4 is 14.0 Å². The number of anilines is 1. The number of piperidine rings is 6. The van der Waals surface area contributed by atoms with Gasteiger partial charge >= 0.3 is 5.95 Å². The molecule has 14 unspecified atom stereocenters. The number of aryl methyl sites for hydroxylation is 1. The van der Waals surface area contributed by atoms with E-state index in [-0.39, 0.29) is 0 Å². The summed E-state index contributed by atoms with van der Waals surface area (Å²) in [7, 11) is 12.5. The highest BCUT2D eigenvalue weighted by atomic mass is 15.5. The van der Waals surface area contributed by atoms with E-state index in [1.165, 1.54) is 231 Å². The van der Waals surface area contributed by atoms with Gasteiger partial charge in [0.15, 0.2) is 18.4 Å². The molecule has 13 saturated heterocycles. The second-order valence-corrected chi connectivity index (χ2v) is 48.9. The average molecular weight is 1690 g/mol. The predicted octanol–water partition coefficient (Wildman–Crippen LogP) is 21.3. The largest absolute Gasteiger partial charge is 0.360 e. The summed E-state index contributed by atoms with van der Waals surface area (Å²) in [6.45, 7) is 91.1. The SMILES string of the molecule is CC(C)C1CC2CCC(C1)[N+]2(C)C(C)C.CC(C)C1CC2CCCC(C1)[N+]2(C)C(C)C.CC(C)C1CC[N+]2(C(C)C)CCCC12.CC(C)N1CC2CCC(C1)[N+]2(C)C(C)C.CC(C)N1CC2CCC1C[N+]2(C)C(C)C.CC(C)N1CC2CCCC(C1)[N+]2(C)C(C)C.CC(C)N1CCC[n+]2ccn(C(C)C)c21.CC(C)N1Cc2cc[n+](C(C)C)cc2C1. The molecule has 13 fully saturated rings. The fourth-order valence-corrected chi connectivity index (χ4v) is 28.1. The van der Waals surface area contributed by atoms with Gasteiger partial charge in [-0.15, -0.1) is 0 Å². The molecule has 17 heterocycles. The van der Waals surface area contributed by atoms with E-state index >= 15 is 0 Å². The van der Waals surface area contributed by atoms with E-state index in [0.29, 0.717) is 24.2 Å². The summed E-state index contributed by atoms with van der Waals surface area (Å²) < 4.78 is 15.3. The van der Waals surface area contributed by atoms with Crippen molar-refractivity contribution in [3.8, 4) is 0 Å². The lowest BCUT2D eigenvalue weighted by atomic mass is 9.72. The molecule has 0 N–H and O–H groups in total. The molecule has 0 aliphatic carbocycles. The number of likely N-dealkylation sites (N-methyl/N-ethyl adjacent to an activating group) is 3. The maximum atomic E-state index is 2.73. The summed E-state index contributed by atoms with van der Waals surface area (Å²) in [5.41, 5.74) is 3.00. The Morgan fingerprint density at radius 2 is 0.793 bits per heavy atom. The molecule has 14 heteroatoms. The van der Waals surface area contributed by atoms with Gasteiger partial charge < -0.3 is 26.9 Å². The zero-order valence-electron chi connectivity index (χ0n) is 87.6. The maximum Gasteiger partial charge on any atom is 0.360 e. The van der Waals surface area contributed by atoms with Crippen LogP contribution in [0.5, 0.6) is 0 Å². The third-order valence-electron chi connectivity index (χ3n) is 38.4. The summed E-state index contributed by atoms with van der Waals surface area (Å²) in [6.07, 6.45) is 38.2. The zero-order valence-corrected chi connectivity index (χ0v) is 87.6. The van der Waals surface area contributed by atoms with Crippen molar-refractivity contribution in [2.75, 3.05) is 99.0 Å². The Morgan fingerprint density at radius 1 is 0.364 bits per heavy atom. The second-order valence-electron chi connectivity index (χ2n) is 48.9. The van der Waals surface area contributed by atoms with E-state index in [4.69, 9.17) is 0 Å². The highest BCUT2D eigenvalue weighted by Gasteiger charge is 2.58. The van der Waals surface area contributed by atoms with E-state index in [2.05, 4.69) is 326 Å². The Bertz CT molecular complexity index is 3250. The molecule has 15 aliphatic rings. The van der Waals surface area contributed by atoms with Crippen LogP contribution in [-0.2, 0) is 19.6 Å². The van der Waals surface area contributed by atoms with Crippen LogP contribution in [0.3, 0.4) is 0 Å². The van der Waals surface area contributed by atoms with Crippen molar-refractivity contribution in [1.29, 1.82) is 0 Å². The van der Waals surface area contributed by atoms with Gasteiger partial charge in [0.05, 0.1) is 198 Å². The van der Waals surface area contributed by atoms with E-state index in [9.17, 15) is 0 Å². The molecular formula is C107H210N14+8. The molecule has 0 radical (unpaired) electrons. The van der Waals surface area contributed by atoms with Crippen molar-refractivity contribution in [3.63, 3.8) is 0 Å². The van der Waals surface area contributed by atoms with Crippen molar-refractivity contribution in [2.45, 2.75) is 515 Å². The van der Waals surface area contributed by atoms with Crippen LogP contribution >= 0.6 is 0 Å². The van der Waals surface area contributed by atoms with E-state index in [1.54, 1.807) is 0 Å². The number of rotatable bonds is 16. The summed E-state index contributed by atoms with van der Waals surface area (Å²) in [5, 5.41) is 0. The van der Waals surface area contributed by atoms with Crippen molar-refractivity contribution in [3.05, 3.63) is 42.0 Å². The second kappa shape index (κ2) is 42.8. The number of likely N-dealkylation sites (tertiary alicyclic amines) is 2. The number of fused-ring (bicyclic) bond motifs is 14. The molecule has 2 aromatic heterocycles. The van der Waals surface area contributed by atoms with Gasteiger partial charge in [-0.25, -0.2) is 13.7 Å². The summed E-state index contributed by atoms with van der Waals surface area (Å²) in [4.78, 5) is 13.1. The summed E-state index contributed by atoms with van der Waals surface area (Å²) in [5.74, 6) is 7.09. The highest BCUT2D eigenvalue weighted by molar-refractivity contribution is 5.29. The van der Waals surface area contributed by atoms with Gasteiger partial charge in [0, 0.05) is 151 Å². The van der Waals surface area contributed by atoms with Gasteiger partial charge in [0.1, 0.15) is 30.2 Å². The Hall–Kier alpha value is -2.24. The lowest BCUT2D eigenvalue weighted by Gasteiger charge is -2.59. The van der Waals surface area contributed by atoms with Crippen molar-refractivity contribution >= 4 is 5.95 Å². The van der Waals surface area contributed by atoms with Crippen LogP contribution in [0.15, 0.2) is 30.9 Å². The standard InChI is InChI=1S/C15H30N.C14H29N2.C14H28N.2C13H27N2.C13H21N2.C13H26N.C12H22N3/c1-11(2)13-9-14-7-6-8-15(10-13)16(14,5)12(3)4;1-11(2)15-9-13-7-6-8-14(10-15)16(13,5)12(3)4;1-10(2)12-8-13-6-7-14(9-12)15(13,5)11(3)4;1-10(2)14-8-13-7-6-12(14)9-15(13,5)11(3)4;1-10(2)14-8-12-6-7-13(9-14)15(12,5)11(3)4;1-10(2)14-6-5-12-7-15(11(3)4)9-13(12)8-14;1-10(2)12-7-9-14(11(3)4)8-5-6-13(12)14;1-10(2)14-7-5-6-13-8-9-15(11(3)4)12(13)14/h11-15H,6-10H2,1-5H3;11-14H,6-10H2,1-5H3;10-14H,6-9H2,1-5H3;2*10-13H,6-9H2,1-5H3;5-6,8,10-11H,7,9H2,1-4H3;10-13H,5-9H2,1-4H3;8-11H,5-7H2,1-4H3/q8*+1. The van der Waals surface area contributed by atoms with E-state index < -0.39 is 0 Å². The zero-order chi connectivity index (χ0) is 89.8. The Labute approximate surface area is 752 Å². The van der Waals surface area contributed by atoms with Gasteiger partial charge in [0.25, 0.3) is 0 Å². The summed E-state index contributed by atoms with van der Waals surface area (Å²) in [6, 6.07) is 21.8. The fourth-order valence-electron chi connectivity index (χ4n) is 28.1. The van der Waals surface area contributed by atoms with Gasteiger partial charge in [0.2, 0.25) is 0 Å². The van der Waals surface area contributed by atoms with Gasteiger partial charge in [-0.3, -0.25) is 24.5 Å². The van der Waals surface area contributed by atoms with Crippen LogP contribution in [0.4, 0.5) is 5.95 Å². The number of hydrogen-bond acceptors (Lipinski definition) is 5. The van der Waals surface area contributed by atoms with Crippen LogP contribution in [0.25, 0.3) is 0 Å². The molecule has 121 heavy (non-hydrogen) atoms. The predicted molar refractivity (Wildman–Crippen MR) is 520 cm³/mol. The molecule has 14 atom stereocenters. The van der Waals surface area contributed by atoms with Crippen LogP contribution in [0.1, 0.15) is 373 Å². The van der Waals surface area contributed by atoms with Crippen molar-refractivity contribution < 1.29 is 36.0 Å². The Morgan fingerprint density at radius 3 is 1.18 bits per heavy atom. The lowest BCUT2D eigenvalue weighted by molar-refractivity contribution is -0.986. The third-order valence-corrected chi connectivity index (χ3v) is 38.4. The van der Waals surface area contributed by atoms with Gasteiger partial charge in [-0.05, 0) is 247 Å². The van der Waals surface area contributed by atoms with Gasteiger partial charge in [-0.1, -0.05) is 41.5 Å². The number of quaternary nitrogens is 6. The van der Waals surface area contributed by atoms with Crippen LogP contribution in [-0.4, -0.2) is 278 Å². The van der Waals surface area contributed by atoms with Crippen LogP contribution in [0, 0.1) is 35.5 Å². The smallest absolute Gasteiger partial charge is 0.319 e. The Balaban J connectivity index is 0.000000157. The number of hydrogen-bond donors (Lipinski definition) is 0. The first-order chi connectivity index (χ1) is 56.5. The quantitative estimate of drug-likeness (QED) is 0.123.